The van der Waals surface area contributed by atoms with Crippen molar-refractivity contribution in [2.45, 2.75) is 39.7 Å². The highest BCUT2D eigenvalue weighted by Gasteiger charge is 2.23. The summed E-state index contributed by atoms with van der Waals surface area (Å²) < 4.78 is 10.6. The summed E-state index contributed by atoms with van der Waals surface area (Å²) in [6.45, 7) is 7.95. The monoisotopic (exact) mass is 357 g/mol. The Hall–Kier alpha value is -2.56. The van der Waals surface area contributed by atoms with Gasteiger partial charge in [-0.25, -0.2) is 0 Å². The van der Waals surface area contributed by atoms with Gasteiger partial charge < -0.3 is 14.8 Å². The van der Waals surface area contributed by atoms with E-state index in [4.69, 9.17) is 9.47 Å². The van der Waals surface area contributed by atoms with Crippen molar-refractivity contribution >= 4 is 22.6 Å². The molecule has 5 heteroatoms. The molecule has 0 aliphatic rings. The highest BCUT2D eigenvalue weighted by molar-refractivity contribution is 5.88. The van der Waals surface area contributed by atoms with Crippen molar-refractivity contribution < 1.29 is 19.1 Å². The Morgan fingerprint density at radius 1 is 1.00 bits per heavy atom. The van der Waals surface area contributed by atoms with Gasteiger partial charge in [-0.15, -0.1) is 0 Å². The molecular formula is C21H27NO4. The van der Waals surface area contributed by atoms with Gasteiger partial charge in [0.1, 0.15) is 5.75 Å². The van der Waals surface area contributed by atoms with E-state index < -0.39 is 18.0 Å². The summed E-state index contributed by atoms with van der Waals surface area (Å²) in [7, 11) is 1.63. The summed E-state index contributed by atoms with van der Waals surface area (Å²) in [5, 5.41) is 4.83. The molecule has 0 saturated heterocycles. The number of fused-ring (bicyclic) bond motifs is 1. The van der Waals surface area contributed by atoms with Crippen LogP contribution in [0.1, 0.15) is 39.2 Å². The van der Waals surface area contributed by atoms with Crippen molar-refractivity contribution in [1.29, 1.82) is 0 Å². The molecule has 1 N–H and O–H groups in total. The van der Waals surface area contributed by atoms with Gasteiger partial charge in [-0.05, 0) is 48.2 Å². The van der Waals surface area contributed by atoms with E-state index in [1.807, 2.05) is 50.2 Å². The lowest BCUT2D eigenvalue weighted by Gasteiger charge is -2.18. The van der Waals surface area contributed by atoms with Gasteiger partial charge in [0.15, 0.2) is 6.10 Å². The average Bonchev–Trinajstić information content (AvgIpc) is 2.64. The lowest BCUT2D eigenvalue weighted by molar-refractivity contribution is -0.156. The number of benzene rings is 2. The van der Waals surface area contributed by atoms with Crippen LogP contribution in [0.25, 0.3) is 10.8 Å². The average molecular weight is 357 g/mol. The molecule has 0 radical (unpaired) electrons. The van der Waals surface area contributed by atoms with Crippen LogP contribution in [0.4, 0.5) is 0 Å². The third-order valence-corrected chi connectivity index (χ3v) is 4.27. The highest BCUT2D eigenvalue weighted by atomic mass is 16.5. The van der Waals surface area contributed by atoms with Crippen molar-refractivity contribution in [1.82, 2.24) is 5.32 Å². The van der Waals surface area contributed by atoms with Gasteiger partial charge in [0.05, 0.1) is 13.0 Å². The zero-order chi connectivity index (χ0) is 19.3. The molecule has 0 heterocycles. The van der Waals surface area contributed by atoms with Crippen molar-refractivity contribution in [3.8, 4) is 5.75 Å². The van der Waals surface area contributed by atoms with E-state index in [9.17, 15) is 9.59 Å². The SMILES string of the molecule is COc1ccc2cc([C@H](C)C(=O)O[C@@H](C)C(=O)NCC(C)C)ccc2c1. The Bertz CT molecular complexity index is 785. The minimum absolute atomic E-state index is 0.273. The molecule has 0 aliphatic heterocycles. The molecule has 0 fully saturated rings. The smallest absolute Gasteiger partial charge is 0.313 e. The maximum atomic E-state index is 12.4. The molecule has 0 spiro atoms. The maximum Gasteiger partial charge on any atom is 0.313 e. The van der Waals surface area contributed by atoms with Gasteiger partial charge in [-0.2, -0.15) is 0 Å². The molecule has 2 aromatic carbocycles. The van der Waals surface area contributed by atoms with E-state index in [1.54, 1.807) is 21.0 Å². The van der Waals surface area contributed by atoms with Gasteiger partial charge >= 0.3 is 5.97 Å². The fourth-order valence-electron chi connectivity index (χ4n) is 2.55. The van der Waals surface area contributed by atoms with Crippen LogP contribution in [0.2, 0.25) is 0 Å². The molecule has 140 valence electrons. The lowest BCUT2D eigenvalue weighted by Crippen LogP contribution is -2.38. The first kappa shape index (κ1) is 19.8. The van der Waals surface area contributed by atoms with E-state index in [2.05, 4.69) is 5.32 Å². The first-order valence-electron chi connectivity index (χ1n) is 8.87. The third-order valence-electron chi connectivity index (χ3n) is 4.27. The number of nitrogens with one attached hydrogen (secondary N) is 1. The summed E-state index contributed by atoms with van der Waals surface area (Å²) >= 11 is 0. The van der Waals surface area contributed by atoms with Crippen LogP contribution in [-0.2, 0) is 14.3 Å². The number of esters is 1. The summed E-state index contributed by atoms with van der Waals surface area (Å²) in [6.07, 6.45) is -0.812. The second-order valence-electron chi connectivity index (χ2n) is 6.91. The van der Waals surface area contributed by atoms with Crippen LogP contribution in [0, 0.1) is 5.92 Å². The zero-order valence-corrected chi connectivity index (χ0v) is 16.0. The topological polar surface area (TPSA) is 64.6 Å². The van der Waals surface area contributed by atoms with E-state index in [-0.39, 0.29) is 5.91 Å². The van der Waals surface area contributed by atoms with E-state index in [0.717, 1.165) is 22.1 Å². The number of methoxy groups -OCH3 is 1. The second-order valence-corrected chi connectivity index (χ2v) is 6.91. The molecule has 5 nitrogen and oxygen atoms in total. The molecule has 2 atom stereocenters. The Balaban J connectivity index is 2.05. The van der Waals surface area contributed by atoms with Gasteiger partial charge in [-0.3, -0.25) is 9.59 Å². The standard InChI is InChI=1S/C21H27NO4/c1-13(2)12-22-20(23)15(4)26-21(24)14(3)16-6-7-18-11-19(25-5)9-8-17(18)10-16/h6-11,13-15H,12H2,1-5H3,(H,22,23)/t14-,15-/m0/s1. The minimum atomic E-state index is -0.812. The molecule has 0 unspecified atom stereocenters. The molecule has 26 heavy (non-hydrogen) atoms. The van der Waals surface area contributed by atoms with Crippen LogP contribution < -0.4 is 10.1 Å². The van der Waals surface area contributed by atoms with Crippen molar-refractivity contribution in [3.63, 3.8) is 0 Å². The van der Waals surface area contributed by atoms with E-state index in [1.165, 1.54) is 0 Å². The lowest BCUT2D eigenvalue weighted by atomic mass is 9.98. The van der Waals surface area contributed by atoms with Gasteiger partial charge in [0.25, 0.3) is 5.91 Å². The van der Waals surface area contributed by atoms with Gasteiger partial charge in [0.2, 0.25) is 0 Å². The molecular weight excluding hydrogens is 330 g/mol. The fourth-order valence-corrected chi connectivity index (χ4v) is 2.55. The fraction of sp³-hybridized carbons (Fsp3) is 0.429. The third kappa shape index (κ3) is 4.97. The largest absolute Gasteiger partial charge is 0.497 e. The molecule has 1 amide bonds. The number of ether oxygens (including phenoxy) is 2. The molecule has 0 aromatic heterocycles. The first-order valence-corrected chi connectivity index (χ1v) is 8.87. The molecule has 0 aliphatic carbocycles. The van der Waals surface area contributed by atoms with Crippen molar-refractivity contribution in [3.05, 3.63) is 42.0 Å². The molecule has 2 rings (SSSR count). The summed E-state index contributed by atoms with van der Waals surface area (Å²) in [5.74, 6) is -0.00675. The van der Waals surface area contributed by atoms with E-state index in [0.29, 0.717) is 12.5 Å². The molecule has 0 bridgehead atoms. The van der Waals surface area contributed by atoms with Gasteiger partial charge in [0, 0.05) is 6.54 Å². The maximum absolute atomic E-state index is 12.4. The number of carbonyl (C=O) groups is 2. The number of amides is 1. The number of hydrogen-bond acceptors (Lipinski definition) is 4. The van der Waals surface area contributed by atoms with Crippen LogP contribution in [0.3, 0.4) is 0 Å². The number of hydrogen-bond donors (Lipinski definition) is 1. The minimum Gasteiger partial charge on any atom is -0.497 e. The highest BCUT2D eigenvalue weighted by Crippen LogP contribution is 2.26. The normalized spacial score (nSPS) is 13.3. The van der Waals surface area contributed by atoms with Gasteiger partial charge in [-0.1, -0.05) is 38.1 Å². The van der Waals surface area contributed by atoms with Crippen LogP contribution >= 0.6 is 0 Å². The predicted molar refractivity (Wildman–Crippen MR) is 102 cm³/mol. The quantitative estimate of drug-likeness (QED) is 0.768. The van der Waals surface area contributed by atoms with E-state index >= 15 is 0 Å². The first-order chi connectivity index (χ1) is 12.3. The van der Waals surface area contributed by atoms with Crippen LogP contribution in [0.5, 0.6) is 5.75 Å². The Kier molecular flexibility index (Phi) is 6.61. The molecule has 0 saturated carbocycles. The summed E-state index contributed by atoms with van der Waals surface area (Å²) in [5.41, 5.74) is 0.849. The Morgan fingerprint density at radius 2 is 1.65 bits per heavy atom. The predicted octanol–water partition coefficient (Wildman–Crippen LogP) is 3.66. The number of carbonyl (C=O) groups excluding carboxylic acids is 2. The Morgan fingerprint density at radius 3 is 2.31 bits per heavy atom. The second kappa shape index (κ2) is 8.70. The van der Waals surface area contributed by atoms with Crippen LogP contribution in [-0.4, -0.2) is 31.6 Å². The molecule has 2 aromatic rings. The number of rotatable bonds is 7. The summed E-state index contributed by atoms with van der Waals surface area (Å²) in [6, 6.07) is 11.6. The van der Waals surface area contributed by atoms with Crippen LogP contribution in [0.15, 0.2) is 36.4 Å². The van der Waals surface area contributed by atoms with Crippen molar-refractivity contribution in [2.24, 2.45) is 5.92 Å². The Labute approximate surface area is 154 Å². The zero-order valence-electron chi connectivity index (χ0n) is 16.0. The summed E-state index contributed by atoms with van der Waals surface area (Å²) in [4.78, 5) is 24.4. The van der Waals surface area contributed by atoms with Crippen molar-refractivity contribution in [2.75, 3.05) is 13.7 Å².